The van der Waals surface area contributed by atoms with Crippen LogP contribution in [-0.4, -0.2) is 16.0 Å². The van der Waals surface area contributed by atoms with Crippen LogP contribution >= 0.6 is 0 Å². The van der Waals surface area contributed by atoms with Crippen molar-refractivity contribution in [1.82, 2.24) is 0 Å². The van der Waals surface area contributed by atoms with E-state index in [1.807, 2.05) is 0 Å². The molecule has 1 atom stereocenters. The number of carboxylic acids is 1. The molecule has 5 nitrogen and oxygen atoms in total. The molecule has 0 bridgehead atoms. The van der Waals surface area contributed by atoms with Crippen molar-refractivity contribution in [3.8, 4) is 0 Å². The molecule has 0 heterocycles. The van der Waals surface area contributed by atoms with Gasteiger partial charge in [-0.3, -0.25) is 14.9 Å². The van der Waals surface area contributed by atoms with Gasteiger partial charge < -0.3 is 5.11 Å². The predicted molar refractivity (Wildman–Crippen MR) is 51.6 cm³/mol. The van der Waals surface area contributed by atoms with Crippen LogP contribution in [0.2, 0.25) is 0 Å². The molecule has 0 amide bonds. The first-order chi connectivity index (χ1) is 7.09. The van der Waals surface area contributed by atoms with E-state index >= 15 is 0 Å². The van der Waals surface area contributed by atoms with Gasteiger partial charge in [-0.15, -0.1) is 0 Å². The van der Waals surface area contributed by atoms with Crippen LogP contribution in [0.5, 0.6) is 0 Å². The van der Waals surface area contributed by atoms with Gasteiger partial charge in [0.2, 0.25) is 0 Å². The Morgan fingerprint density at radius 2 is 2.20 bits per heavy atom. The van der Waals surface area contributed by atoms with E-state index in [2.05, 4.69) is 0 Å². The summed E-state index contributed by atoms with van der Waals surface area (Å²) in [6, 6.07) is 4.77. The maximum Gasteiger partial charge on any atom is 0.307 e. The first kappa shape index (κ1) is 9.64. The fourth-order valence-electron chi connectivity index (χ4n) is 1.98. The van der Waals surface area contributed by atoms with Crippen molar-refractivity contribution in [2.45, 2.75) is 12.8 Å². The molecule has 1 aromatic rings. The van der Waals surface area contributed by atoms with Crippen molar-refractivity contribution < 1.29 is 14.8 Å². The molecule has 2 rings (SSSR count). The van der Waals surface area contributed by atoms with Crippen molar-refractivity contribution in [2.75, 3.05) is 0 Å². The smallest absolute Gasteiger partial charge is 0.307 e. The Morgan fingerprint density at radius 3 is 2.80 bits per heavy atom. The first-order valence-electron chi connectivity index (χ1n) is 4.57. The standard InChI is InChI=1S/C10H9NO4/c12-10(13)7-4-6-2-1-3-9(11(14)15)8(6)5-7/h1-3,7H,4-5H2,(H,12,13)/t7-/m0/s1. The third kappa shape index (κ3) is 1.56. The highest BCUT2D eigenvalue weighted by molar-refractivity contribution is 5.73. The lowest BCUT2D eigenvalue weighted by Gasteiger charge is -1.99. The maximum absolute atomic E-state index is 10.8. The van der Waals surface area contributed by atoms with Gasteiger partial charge in [-0.25, -0.2) is 0 Å². The Kier molecular flexibility index (Phi) is 2.15. The highest BCUT2D eigenvalue weighted by atomic mass is 16.6. The van der Waals surface area contributed by atoms with Crippen LogP contribution < -0.4 is 0 Å². The summed E-state index contributed by atoms with van der Waals surface area (Å²) in [6.45, 7) is 0. The molecular weight excluding hydrogens is 198 g/mol. The van der Waals surface area contributed by atoms with Crippen molar-refractivity contribution in [3.63, 3.8) is 0 Å². The lowest BCUT2D eigenvalue weighted by atomic mass is 10.1. The summed E-state index contributed by atoms with van der Waals surface area (Å²) >= 11 is 0. The topological polar surface area (TPSA) is 80.4 Å². The maximum atomic E-state index is 10.8. The average Bonchev–Trinajstić information content (AvgIpc) is 2.60. The summed E-state index contributed by atoms with van der Waals surface area (Å²) in [5, 5.41) is 19.5. The largest absolute Gasteiger partial charge is 0.481 e. The molecule has 15 heavy (non-hydrogen) atoms. The Labute approximate surface area is 85.5 Å². The van der Waals surface area contributed by atoms with E-state index in [0.29, 0.717) is 12.0 Å². The zero-order chi connectivity index (χ0) is 11.0. The average molecular weight is 207 g/mol. The second-order valence-electron chi connectivity index (χ2n) is 3.62. The molecule has 0 saturated carbocycles. The molecule has 0 saturated heterocycles. The fourth-order valence-corrected chi connectivity index (χ4v) is 1.98. The van der Waals surface area contributed by atoms with Crippen LogP contribution in [0, 0.1) is 16.0 Å². The molecule has 0 radical (unpaired) electrons. The molecule has 5 heteroatoms. The molecule has 0 spiro atoms. The van der Waals surface area contributed by atoms with Crippen molar-refractivity contribution in [1.29, 1.82) is 0 Å². The minimum absolute atomic E-state index is 0.0382. The number of aliphatic carboxylic acids is 1. The van der Waals surface area contributed by atoms with E-state index in [-0.39, 0.29) is 12.1 Å². The third-order valence-corrected chi connectivity index (χ3v) is 2.71. The second kappa shape index (κ2) is 3.34. The number of nitro benzene ring substituents is 1. The third-order valence-electron chi connectivity index (χ3n) is 2.71. The van der Waals surface area contributed by atoms with Crippen LogP contribution in [-0.2, 0) is 17.6 Å². The molecule has 1 aromatic carbocycles. The van der Waals surface area contributed by atoms with Crippen LogP contribution in [0.3, 0.4) is 0 Å². The van der Waals surface area contributed by atoms with Crippen LogP contribution in [0.25, 0.3) is 0 Å². The van der Waals surface area contributed by atoms with Crippen molar-refractivity contribution in [2.24, 2.45) is 5.92 Å². The molecule has 1 N–H and O–H groups in total. The first-order valence-corrected chi connectivity index (χ1v) is 4.57. The second-order valence-corrected chi connectivity index (χ2v) is 3.62. The van der Waals surface area contributed by atoms with Crippen molar-refractivity contribution >= 4 is 11.7 Å². The summed E-state index contributed by atoms with van der Waals surface area (Å²) in [4.78, 5) is 21.0. The van der Waals surface area contributed by atoms with Gasteiger partial charge in [0.05, 0.1) is 10.8 Å². The molecular formula is C10H9NO4. The van der Waals surface area contributed by atoms with Gasteiger partial charge in [0, 0.05) is 11.6 Å². The number of nitro groups is 1. The van der Waals surface area contributed by atoms with Gasteiger partial charge in [-0.1, -0.05) is 12.1 Å². The number of hydrogen-bond acceptors (Lipinski definition) is 3. The Morgan fingerprint density at radius 1 is 1.47 bits per heavy atom. The van der Waals surface area contributed by atoms with E-state index < -0.39 is 16.8 Å². The SMILES string of the molecule is O=C(O)[C@H]1Cc2cccc([N+](=O)[O-])c2C1. The van der Waals surface area contributed by atoms with Gasteiger partial charge in [-0.2, -0.15) is 0 Å². The molecule has 1 aliphatic carbocycles. The molecule has 0 fully saturated rings. The molecule has 78 valence electrons. The number of hydrogen-bond donors (Lipinski definition) is 1. The van der Waals surface area contributed by atoms with E-state index in [1.54, 1.807) is 12.1 Å². The monoisotopic (exact) mass is 207 g/mol. The lowest BCUT2D eigenvalue weighted by Crippen LogP contribution is -2.13. The quantitative estimate of drug-likeness (QED) is 0.587. The van der Waals surface area contributed by atoms with Crippen LogP contribution in [0.15, 0.2) is 18.2 Å². The minimum atomic E-state index is -0.888. The van der Waals surface area contributed by atoms with E-state index in [0.717, 1.165) is 5.56 Å². The number of nitrogens with zero attached hydrogens (tertiary/aromatic N) is 1. The Balaban J connectivity index is 2.41. The van der Waals surface area contributed by atoms with Gasteiger partial charge in [-0.05, 0) is 18.4 Å². The van der Waals surface area contributed by atoms with Crippen molar-refractivity contribution in [3.05, 3.63) is 39.4 Å². The highest BCUT2D eigenvalue weighted by Gasteiger charge is 2.31. The Bertz CT molecular complexity index is 441. The molecule has 0 unspecified atom stereocenters. The van der Waals surface area contributed by atoms with Gasteiger partial charge in [0.15, 0.2) is 0 Å². The number of fused-ring (bicyclic) bond motifs is 1. The predicted octanol–water partition coefficient (Wildman–Crippen LogP) is 1.39. The zero-order valence-electron chi connectivity index (χ0n) is 7.84. The fraction of sp³-hybridized carbons (Fsp3) is 0.300. The van der Waals surface area contributed by atoms with Gasteiger partial charge in [0.1, 0.15) is 0 Å². The summed E-state index contributed by atoms with van der Waals surface area (Å²) in [6.07, 6.45) is 0.661. The lowest BCUT2D eigenvalue weighted by molar-refractivity contribution is -0.385. The summed E-state index contributed by atoms with van der Waals surface area (Å²) < 4.78 is 0. The van der Waals surface area contributed by atoms with Crippen LogP contribution in [0.1, 0.15) is 11.1 Å². The minimum Gasteiger partial charge on any atom is -0.481 e. The normalized spacial score (nSPS) is 18.5. The van der Waals surface area contributed by atoms with Crippen LogP contribution in [0.4, 0.5) is 5.69 Å². The molecule has 0 aliphatic heterocycles. The number of carbonyl (C=O) groups is 1. The number of benzene rings is 1. The molecule has 1 aliphatic rings. The summed E-state index contributed by atoms with van der Waals surface area (Å²) in [5.74, 6) is -1.40. The van der Waals surface area contributed by atoms with E-state index in [1.165, 1.54) is 6.07 Å². The van der Waals surface area contributed by atoms with Gasteiger partial charge in [0.25, 0.3) is 5.69 Å². The molecule has 0 aromatic heterocycles. The summed E-state index contributed by atoms with van der Waals surface area (Å²) in [5.41, 5.74) is 1.41. The number of carboxylic acid groups (broad SMARTS) is 1. The van der Waals surface area contributed by atoms with Gasteiger partial charge >= 0.3 is 5.97 Å². The summed E-state index contributed by atoms with van der Waals surface area (Å²) in [7, 11) is 0. The zero-order valence-corrected chi connectivity index (χ0v) is 7.84. The van der Waals surface area contributed by atoms with E-state index in [4.69, 9.17) is 5.11 Å². The Hall–Kier alpha value is -1.91. The highest BCUT2D eigenvalue weighted by Crippen LogP contribution is 2.33. The number of rotatable bonds is 2. The van der Waals surface area contributed by atoms with E-state index in [9.17, 15) is 14.9 Å².